The van der Waals surface area contributed by atoms with Gasteiger partial charge in [0, 0.05) is 0 Å². The van der Waals surface area contributed by atoms with E-state index in [4.69, 9.17) is 0 Å². The molecule has 0 aromatic rings. The van der Waals surface area contributed by atoms with Gasteiger partial charge >= 0.3 is 5.97 Å². The summed E-state index contributed by atoms with van der Waals surface area (Å²) in [7, 11) is 0. The van der Waals surface area contributed by atoms with Gasteiger partial charge in [-0.3, -0.25) is 0 Å². The van der Waals surface area contributed by atoms with Crippen molar-refractivity contribution in [2.75, 3.05) is 11.5 Å². The zero-order valence-electron chi connectivity index (χ0n) is 10.7. The number of carbonyl (C=O) groups is 1. The summed E-state index contributed by atoms with van der Waals surface area (Å²) in [5, 5.41) is 9.39. The zero-order valence-corrected chi connectivity index (χ0v) is 12.4. The Kier molecular flexibility index (Phi) is 7.44. The molecule has 1 heterocycles. The van der Waals surface area contributed by atoms with Crippen molar-refractivity contribution in [2.45, 2.75) is 62.4 Å². The van der Waals surface area contributed by atoms with E-state index in [9.17, 15) is 9.90 Å². The molecule has 0 aliphatic carbocycles. The van der Waals surface area contributed by atoms with E-state index in [0.29, 0.717) is 0 Å². The molecule has 0 aromatic heterocycles. The number of rotatable bonds is 8. The van der Waals surface area contributed by atoms with Crippen LogP contribution in [-0.2, 0) is 4.79 Å². The highest BCUT2D eigenvalue weighted by atomic mass is 32.2. The maximum Gasteiger partial charge on any atom is 0.330 e. The van der Waals surface area contributed by atoms with Crippen molar-refractivity contribution < 1.29 is 9.90 Å². The Morgan fingerprint density at radius 3 is 2.29 bits per heavy atom. The van der Waals surface area contributed by atoms with Crippen LogP contribution < -0.4 is 0 Å². The lowest BCUT2D eigenvalue weighted by Crippen LogP contribution is -2.34. The molecule has 0 spiro atoms. The molecule has 0 bridgehead atoms. The molecule has 0 amide bonds. The summed E-state index contributed by atoms with van der Waals surface area (Å²) in [6.45, 7) is 2.22. The minimum absolute atomic E-state index is 0.525. The fourth-order valence-corrected chi connectivity index (χ4v) is 5.16. The molecule has 1 aliphatic heterocycles. The Bertz CT molecular complexity index is 225. The molecule has 0 saturated carbocycles. The molecule has 0 radical (unpaired) electrons. The molecule has 1 rings (SSSR count). The second-order valence-corrected chi connectivity index (χ2v) is 7.67. The van der Waals surface area contributed by atoms with Crippen LogP contribution in [0.1, 0.15) is 58.3 Å². The Balaban J connectivity index is 2.23. The average molecular weight is 276 g/mol. The average Bonchev–Trinajstić information content (AvgIpc) is 2.34. The first-order chi connectivity index (χ1) is 8.21. The summed E-state index contributed by atoms with van der Waals surface area (Å²) in [5.74, 6) is 1.41. The minimum atomic E-state index is -0.610. The molecule has 17 heavy (non-hydrogen) atoms. The van der Waals surface area contributed by atoms with Crippen LogP contribution in [0.15, 0.2) is 0 Å². The van der Waals surface area contributed by atoms with Crippen LogP contribution >= 0.6 is 23.5 Å². The van der Waals surface area contributed by atoms with Gasteiger partial charge in [-0.25, -0.2) is 4.79 Å². The molecule has 0 aromatic carbocycles. The largest absolute Gasteiger partial charge is 0.480 e. The van der Waals surface area contributed by atoms with Gasteiger partial charge in [0.15, 0.2) is 4.08 Å². The normalized spacial score (nSPS) is 19.1. The van der Waals surface area contributed by atoms with Gasteiger partial charge in [-0.15, -0.1) is 23.5 Å². The summed E-state index contributed by atoms with van der Waals surface area (Å²) in [5.41, 5.74) is 0. The Morgan fingerprint density at radius 1 is 1.12 bits per heavy atom. The summed E-state index contributed by atoms with van der Waals surface area (Å²) in [4.78, 5) is 11.4. The van der Waals surface area contributed by atoms with Crippen molar-refractivity contribution in [3.8, 4) is 0 Å². The van der Waals surface area contributed by atoms with E-state index in [1.165, 1.54) is 32.1 Å². The highest BCUT2D eigenvalue weighted by molar-refractivity contribution is 8.19. The van der Waals surface area contributed by atoms with Crippen molar-refractivity contribution >= 4 is 29.5 Å². The maximum atomic E-state index is 11.4. The van der Waals surface area contributed by atoms with Gasteiger partial charge in [0.1, 0.15) is 0 Å². The van der Waals surface area contributed by atoms with E-state index in [0.717, 1.165) is 30.8 Å². The predicted octanol–water partition coefficient (Wildman–Crippen LogP) is 4.39. The first kappa shape index (κ1) is 15.2. The molecule has 2 nitrogen and oxygen atoms in total. The van der Waals surface area contributed by atoms with E-state index < -0.39 is 10.0 Å². The van der Waals surface area contributed by atoms with E-state index in [2.05, 4.69) is 6.92 Å². The molecular weight excluding hydrogens is 252 g/mol. The number of carboxylic acids is 1. The van der Waals surface area contributed by atoms with Gasteiger partial charge in [0.05, 0.1) is 0 Å². The molecule has 1 N–H and O–H groups in total. The van der Waals surface area contributed by atoms with Crippen molar-refractivity contribution in [1.29, 1.82) is 0 Å². The second kappa shape index (κ2) is 8.30. The minimum Gasteiger partial charge on any atom is -0.480 e. The quantitative estimate of drug-likeness (QED) is 0.667. The molecule has 0 atom stereocenters. The van der Waals surface area contributed by atoms with E-state index in [-0.39, 0.29) is 0 Å². The Morgan fingerprint density at radius 2 is 1.71 bits per heavy atom. The second-order valence-electron chi connectivity index (χ2n) is 4.63. The third kappa shape index (κ3) is 5.12. The number of hydrogen-bond donors (Lipinski definition) is 1. The third-order valence-electron chi connectivity index (χ3n) is 3.14. The SMILES string of the molecule is CCCCCCCCC1(C(=O)O)SCCCS1. The molecule has 0 unspecified atom stereocenters. The topological polar surface area (TPSA) is 37.3 Å². The summed E-state index contributed by atoms with van der Waals surface area (Å²) < 4.78 is -0.525. The third-order valence-corrected chi connectivity index (χ3v) is 6.53. The molecule has 1 saturated heterocycles. The van der Waals surface area contributed by atoms with Gasteiger partial charge in [-0.1, -0.05) is 45.4 Å². The van der Waals surface area contributed by atoms with Gasteiger partial charge in [-0.2, -0.15) is 0 Å². The standard InChI is InChI=1S/C13H24O2S2/c1-2-3-4-5-6-7-9-13(12(14)15)16-10-8-11-17-13/h2-11H2,1H3,(H,14,15). The van der Waals surface area contributed by atoms with Crippen LogP contribution in [-0.4, -0.2) is 26.7 Å². The first-order valence-electron chi connectivity index (χ1n) is 6.72. The van der Waals surface area contributed by atoms with Crippen LogP contribution in [0.3, 0.4) is 0 Å². The van der Waals surface area contributed by atoms with Crippen molar-refractivity contribution in [3.05, 3.63) is 0 Å². The van der Waals surface area contributed by atoms with Crippen molar-refractivity contribution in [1.82, 2.24) is 0 Å². The van der Waals surface area contributed by atoms with Crippen LogP contribution in [0.4, 0.5) is 0 Å². The molecule has 1 aliphatic rings. The lowest BCUT2D eigenvalue weighted by atomic mass is 10.1. The molecule has 100 valence electrons. The van der Waals surface area contributed by atoms with Crippen molar-refractivity contribution in [3.63, 3.8) is 0 Å². The monoisotopic (exact) mass is 276 g/mol. The fourth-order valence-electron chi connectivity index (χ4n) is 2.09. The first-order valence-corrected chi connectivity index (χ1v) is 8.70. The Hall–Kier alpha value is 0.170. The summed E-state index contributed by atoms with van der Waals surface area (Å²) in [6.07, 6.45) is 9.39. The smallest absolute Gasteiger partial charge is 0.330 e. The van der Waals surface area contributed by atoms with E-state index in [1.807, 2.05) is 0 Å². The highest BCUT2D eigenvalue weighted by Gasteiger charge is 2.40. The molecule has 1 fully saturated rings. The summed E-state index contributed by atoms with van der Waals surface area (Å²) >= 11 is 3.30. The van der Waals surface area contributed by atoms with Gasteiger partial charge in [0.2, 0.25) is 0 Å². The number of thioether (sulfide) groups is 2. The van der Waals surface area contributed by atoms with Gasteiger partial charge in [0.25, 0.3) is 0 Å². The zero-order chi connectivity index (χ0) is 12.6. The van der Waals surface area contributed by atoms with Crippen LogP contribution in [0.5, 0.6) is 0 Å². The number of unbranched alkanes of at least 4 members (excludes halogenated alkanes) is 5. The van der Waals surface area contributed by atoms with Crippen LogP contribution in [0.25, 0.3) is 0 Å². The number of aliphatic carboxylic acids is 1. The maximum absolute atomic E-state index is 11.4. The van der Waals surface area contributed by atoms with Crippen molar-refractivity contribution in [2.24, 2.45) is 0 Å². The molecule has 4 heteroatoms. The van der Waals surface area contributed by atoms with Gasteiger partial charge in [-0.05, 0) is 24.3 Å². The predicted molar refractivity (Wildman–Crippen MR) is 77.9 cm³/mol. The number of hydrogen-bond acceptors (Lipinski definition) is 3. The number of carboxylic acid groups (broad SMARTS) is 1. The highest BCUT2D eigenvalue weighted by Crippen LogP contribution is 2.46. The van der Waals surface area contributed by atoms with Crippen LogP contribution in [0, 0.1) is 0 Å². The summed E-state index contributed by atoms with van der Waals surface area (Å²) in [6, 6.07) is 0. The van der Waals surface area contributed by atoms with Crippen LogP contribution in [0.2, 0.25) is 0 Å². The van der Waals surface area contributed by atoms with Gasteiger partial charge < -0.3 is 5.11 Å². The lowest BCUT2D eigenvalue weighted by molar-refractivity contribution is -0.137. The lowest BCUT2D eigenvalue weighted by Gasteiger charge is -2.31. The van der Waals surface area contributed by atoms with E-state index >= 15 is 0 Å². The fraction of sp³-hybridized carbons (Fsp3) is 0.923. The Labute approximate surface area is 113 Å². The molecular formula is C13H24O2S2. The van der Waals surface area contributed by atoms with E-state index in [1.54, 1.807) is 23.5 Å².